The standard InChI is InChI=1S/C23H26BrNO6/c1-3-30-20(6-4-5-7-21(27)28)22(18-14-16(24)10-13-19(18)26)31-23(29)25-17-11-8-15(2)9-12-17/h5,7-14,20,22,26H,3-4,6H2,1-2H3,(H,25,29)(H,27,28)/b7-5+/t20-,22-/m0/s1. The van der Waals surface area contributed by atoms with Crippen molar-refractivity contribution in [3.8, 4) is 5.75 Å². The Morgan fingerprint density at radius 2 is 1.90 bits per heavy atom. The van der Waals surface area contributed by atoms with Gasteiger partial charge in [0.2, 0.25) is 0 Å². The molecule has 2 aromatic carbocycles. The number of anilines is 1. The lowest BCUT2D eigenvalue weighted by atomic mass is 9.99. The number of carbonyl (C=O) groups excluding carboxylic acids is 1. The fourth-order valence-corrected chi connectivity index (χ4v) is 3.35. The van der Waals surface area contributed by atoms with Gasteiger partial charge in [0.05, 0.1) is 6.10 Å². The first-order chi connectivity index (χ1) is 14.8. The lowest BCUT2D eigenvalue weighted by molar-refractivity contribution is -0.131. The minimum absolute atomic E-state index is 0.0397. The Bertz CT molecular complexity index is 913. The number of rotatable bonds is 10. The largest absolute Gasteiger partial charge is 0.508 e. The van der Waals surface area contributed by atoms with Crippen molar-refractivity contribution in [1.29, 1.82) is 0 Å². The molecule has 2 rings (SSSR count). The van der Waals surface area contributed by atoms with Crippen LogP contribution >= 0.6 is 15.9 Å². The van der Waals surface area contributed by atoms with E-state index in [9.17, 15) is 14.7 Å². The average molecular weight is 492 g/mol. The number of nitrogens with one attached hydrogen (secondary N) is 1. The highest BCUT2D eigenvalue weighted by Gasteiger charge is 2.30. The smallest absolute Gasteiger partial charge is 0.412 e. The molecule has 2 atom stereocenters. The molecule has 0 aliphatic heterocycles. The van der Waals surface area contributed by atoms with Crippen LogP contribution in [0, 0.1) is 6.92 Å². The van der Waals surface area contributed by atoms with Crippen molar-refractivity contribution in [3.05, 3.63) is 70.2 Å². The van der Waals surface area contributed by atoms with Crippen LogP contribution in [0.1, 0.15) is 37.0 Å². The second kappa shape index (κ2) is 12.1. The lowest BCUT2D eigenvalue weighted by Gasteiger charge is -2.28. The molecule has 0 heterocycles. The number of hydrogen-bond acceptors (Lipinski definition) is 5. The van der Waals surface area contributed by atoms with Crippen molar-refractivity contribution in [1.82, 2.24) is 0 Å². The van der Waals surface area contributed by atoms with Crippen molar-refractivity contribution in [3.63, 3.8) is 0 Å². The van der Waals surface area contributed by atoms with E-state index in [4.69, 9.17) is 14.6 Å². The van der Waals surface area contributed by atoms with Gasteiger partial charge in [-0.25, -0.2) is 9.59 Å². The van der Waals surface area contributed by atoms with E-state index in [2.05, 4.69) is 21.2 Å². The van der Waals surface area contributed by atoms with Gasteiger partial charge in [0.25, 0.3) is 0 Å². The number of aryl methyl sites for hydroxylation is 1. The van der Waals surface area contributed by atoms with Gasteiger partial charge in [-0.3, -0.25) is 5.32 Å². The molecule has 8 heteroatoms. The Hall–Kier alpha value is -2.84. The predicted octanol–water partition coefficient (Wildman–Crippen LogP) is 5.58. The number of phenolic OH excluding ortho intramolecular Hbond substituents is 1. The third kappa shape index (κ3) is 8.07. The summed E-state index contributed by atoms with van der Waals surface area (Å²) in [5.74, 6) is -1.08. The molecule has 0 radical (unpaired) electrons. The number of allylic oxidation sites excluding steroid dienone is 1. The zero-order valence-electron chi connectivity index (χ0n) is 17.4. The number of hydrogen-bond donors (Lipinski definition) is 3. The average Bonchev–Trinajstić information content (AvgIpc) is 2.72. The molecule has 0 aliphatic carbocycles. The summed E-state index contributed by atoms with van der Waals surface area (Å²) < 4.78 is 12.2. The summed E-state index contributed by atoms with van der Waals surface area (Å²) in [6.45, 7) is 4.10. The number of phenols is 1. The highest BCUT2D eigenvalue weighted by Crippen LogP contribution is 2.35. The van der Waals surface area contributed by atoms with Crippen molar-refractivity contribution < 1.29 is 29.3 Å². The third-order valence-electron chi connectivity index (χ3n) is 4.42. The first kappa shape index (κ1) is 24.4. The van der Waals surface area contributed by atoms with E-state index in [1.807, 2.05) is 26.0 Å². The van der Waals surface area contributed by atoms with Crippen LogP contribution in [0.2, 0.25) is 0 Å². The molecule has 0 aliphatic rings. The molecule has 3 N–H and O–H groups in total. The van der Waals surface area contributed by atoms with Gasteiger partial charge in [-0.15, -0.1) is 0 Å². The molecular formula is C23H26BrNO6. The number of benzene rings is 2. The van der Waals surface area contributed by atoms with E-state index in [0.29, 0.717) is 35.2 Å². The zero-order valence-corrected chi connectivity index (χ0v) is 19.0. The fourth-order valence-electron chi connectivity index (χ4n) is 2.97. The van der Waals surface area contributed by atoms with Crippen molar-refractivity contribution in [2.24, 2.45) is 0 Å². The number of aromatic hydroxyl groups is 1. The Morgan fingerprint density at radius 1 is 1.19 bits per heavy atom. The molecule has 0 bridgehead atoms. The summed E-state index contributed by atoms with van der Waals surface area (Å²) in [4.78, 5) is 23.3. The fraction of sp³-hybridized carbons (Fsp3) is 0.304. The molecule has 0 spiro atoms. The summed E-state index contributed by atoms with van der Waals surface area (Å²) in [5, 5.41) is 21.9. The van der Waals surface area contributed by atoms with Gasteiger partial charge in [0, 0.05) is 28.4 Å². The number of carboxylic acids is 1. The second-order valence-corrected chi connectivity index (χ2v) is 7.75. The van der Waals surface area contributed by atoms with Gasteiger partial charge in [-0.1, -0.05) is 39.7 Å². The van der Waals surface area contributed by atoms with Gasteiger partial charge >= 0.3 is 12.1 Å². The molecule has 0 saturated carbocycles. The summed E-state index contributed by atoms with van der Waals surface area (Å²) in [5.41, 5.74) is 2.01. The normalized spacial score (nSPS) is 13.0. The first-order valence-corrected chi connectivity index (χ1v) is 10.6. The van der Waals surface area contributed by atoms with E-state index in [-0.39, 0.29) is 5.75 Å². The predicted molar refractivity (Wildman–Crippen MR) is 121 cm³/mol. The number of ether oxygens (including phenoxy) is 2. The Labute approximate surface area is 189 Å². The minimum Gasteiger partial charge on any atom is -0.508 e. The molecule has 0 aromatic heterocycles. The van der Waals surface area contributed by atoms with Crippen LogP contribution in [-0.4, -0.2) is 35.0 Å². The monoisotopic (exact) mass is 491 g/mol. The summed E-state index contributed by atoms with van der Waals surface area (Å²) in [6, 6.07) is 12.1. The van der Waals surface area contributed by atoms with Gasteiger partial charge in [-0.05, 0) is 57.0 Å². The van der Waals surface area contributed by atoms with Crippen LogP contribution in [0.15, 0.2) is 59.1 Å². The van der Waals surface area contributed by atoms with Crippen molar-refractivity contribution in [2.45, 2.75) is 38.9 Å². The zero-order chi connectivity index (χ0) is 22.8. The van der Waals surface area contributed by atoms with E-state index < -0.39 is 24.3 Å². The van der Waals surface area contributed by atoms with Crippen LogP contribution in [0.5, 0.6) is 5.75 Å². The maximum absolute atomic E-state index is 12.6. The minimum atomic E-state index is -1.04. The number of aliphatic carboxylic acids is 1. The number of carbonyl (C=O) groups is 2. The summed E-state index contributed by atoms with van der Waals surface area (Å²) in [7, 11) is 0. The van der Waals surface area contributed by atoms with Gasteiger partial charge < -0.3 is 19.7 Å². The van der Waals surface area contributed by atoms with Gasteiger partial charge in [0.15, 0.2) is 6.10 Å². The SMILES string of the molecule is CCO[C@@H](CC/C=C/C(=O)O)[C@@H](OC(=O)Nc1ccc(C)cc1)c1cc(Br)ccc1O. The molecule has 7 nitrogen and oxygen atoms in total. The molecule has 0 unspecified atom stereocenters. The number of halogens is 1. The molecule has 2 aromatic rings. The molecular weight excluding hydrogens is 466 g/mol. The lowest BCUT2D eigenvalue weighted by Crippen LogP contribution is -2.29. The van der Waals surface area contributed by atoms with Crippen LogP contribution in [0.4, 0.5) is 10.5 Å². The molecule has 1 amide bonds. The molecule has 166 valence electrons. The molecule has 31 heavy (non-hydrogen) atoms. The molecule has 0 saturated heterocycles. The summed E-state index contributed by atoms with van der Waals surface area (Å²) >= 11 is 3.37. The van der Waals surface area contributed by atoms with Crippen LogP contribution in [0.3, 0.4) is 0 Å². The van der Waals surface area contributed by atoms with E-state index in [1.165, 1.54) is 12.1 Å². The van der Waals surface area contributed by atoms with Crippen LogP contribution in [0.25, 0.3) is 0 Å². The Kier molecular flexibility index (Phi) is 9.55. The number of carboxylic acid groups (broad SMARTS) is 1. The van der Waals surface area contributed by atoms with E-state index in [0.717, 1.165) is 11.6 Å². The third-order valence-corrected chi connectivity index (χ3v) is 4.92. The maximum atomic E-state index is 12.6. The van der Waals surface area contributed by atoms with Crippen LogP contribution < -0.4 is 5.32 Å². The molecule has 0 fully saturated rings. The van der Waals surface area contributed by atoms with Crippen LogP contribution in [-0.2, 0) is 14.3 Å². The van der Waals surface area contributed by atoms with E-state index in [1.54, 1.807) is 24.3 Å². The van der Waals surface area contributed by atoms with E-state index >= 15 is 0 Å². The van der Waals surface area contributed by atoms with Crippen molar-refractivity contribution >= 4 is 33.7 Å². The second-order valence-electron chi connectivity index (χ2n) is 6.83. The highest BCUT2D eigenvalue weighted by atomic mass is 79.9. The van der Waals surface area contributed by atoms with Gasteiger partial charge in [0.1, 0.15) is 5.75 Å². The van der Waals surface area contributed by atoms with Gasteiger partial charge in [-0.2, -0.15) is 0 Å². The number of amides is 1. The summed E-state index contributed by atoms with van der Waals surface area (Å²) in [6.07, 6.45) is 1.13. The first-order valence-electron chi connectivity index (χ1n) is 9.84. The Morgan fingerprint density at radius 3 is 2.55 bits per heavy atom. The van der Waals surface area contributed by atoms with Crippen molar-refractivity contribution in [2.75, 3.05) is 11.9 Å². The maximum Gasteiger partial charge on any atom is 0.412 e. The quantitative estimate of drug-likeness (QED) is 0.374. The Balaban J connectivity index is 2.26. The topological polar surface area (TPSA) is 105 Å². The highest BCUT2D eigenvalue weighted by molar-refractivity contribution is 9.10.